The minimum Gasteiger partial charge on any atom is -0.446 e. The number of rotatable bonds is 4. The van der Waals surface area contributed by atoms with Crippen molar-refractivity contribution in [2.45, 2.75) is 39.3 Å². The van der Waals surface area contributed by atoms with Crippen molar-refractivity contribution in [2.24, 2.45) is 5.92 Å². The Bertz CT molecular complexity index is 399. The molecule has 1 heterocycles. The van der Waals surface area contributed by atoms with Crippen LogP contribution < -0.4 is 4.72 Å². The summed E-state index contributed by atoms with van der Waals surface area (Å²) in [5, 5.41) is 0.550. The van der Waals surface area contributed by atoms with Gasteiger partial charge in [0, 0.05) is 17.9 Å². The first-order valence-electron chi connectivity index (χ1n) is 5.84. The van der Waals surface area contributed by atoms with Crippen LogP contribution in [0.5, 0.6) is 0 Å². The highest BCUT2D eigenvalue weighted by molar-refractivity contribution is 9.09. The van der Waals surface area contributed by atoms with Gasteiger partial charge in [-0.3, -0.25) is 0 Å². The molecule has 2 unspecified atom stereocenters. The maximum atomic E-state index is 12.0. The van der Waals surface area contributed by atoms with Crippen molar-refractivity contribution in [1.82, 2.24) is 9.03 Å². The summed E-state index contributed by atoms with van der Waals surface area (Å²) >= 11 is 3.31. The van der Waals surface area contributed by atoms with Crippen molar-refractivity contribution in [3.8, 4) is 0 Å². The van der Waals surface area contributed by atoms with Crippen molar-refractivity contribution in [2.75, 3.05) is 11.9 Å². The smallest absolute Gasteiger partial charge is 0.422 e. The lowest BCUT2D eigenvalue weighted by atomic mass is 10.1. The first kappa shape index (κ1) is 15.7. The Balaban J connectivity index is 2.72. The molecule has 1 N–H and O–H groups in total. The number of carbonyl (C=O) groups excluding carboxylic acids is 1. The zero-order valence-electron chi connectivity index (χ0n) is 10.7. The Morgan fingerprint density at radius 1 is 1.56 bits per heavy atom. The van der Waals surface area contributed by atoms with Crippen molar-refractivity contribution < 1.29 is 17.9 Å². The van der Waals surface area contributed by atoms with Gasteiger partial charge in [0.25, 0.3) is 0 Å². The molecule has 0 aliphatic carbocycles. The van der Waals surface area contributed by atoms with E-state index in [4.69, 9.17) is 4.74 Å². The van der Waals surface area contributed by atoms with Crippen LogP contribution in [-0.2, 0) is 14.9 Å². The molecule has 0 aromatic heterocycles. The van der Waals surface area contributed by atoms with Crippen LogP contribution >= 0.6 is 15.9 Å². The lowest BCUT2D eigenvalue weighted by Crippen LogP contribution is -2.47. The largest absolute Gasteiger partial charge is 0.446 e. The topological polar surface area (TPSA) is 75.7 Å². The van der Waals surface area contributed by atoms with E-state index in [1.807, 2.05) is 11.6 Å². The second-order valence-electron chi connectivity index (χ2n) is 4.66. The summed E-state index contributed by atoms with van der Waals surface area (Å²) in [4.78, 5) is 11.4. The number of carbonyl (C=O) groups is 1. The van der Waals surface area contributed by atoms with Gasteiger partial charge in [-0.2, -0.15) is 12.7 Å². The summed E-state index contributed by atoms with van der Waals surface area (Å²) < 4.78 is 32.1. The number of nitrogens with one attached hydrogen (secondary N) is 1. The van der Waals surface area contributed by atoms with Crippen LogP contribution in [0.2, 0.25) is 0 Å². The van der Waals surface area contributed by atoms with E-state index in [-0.39, 0.29) is 18.1 Å². The molecule has 0 aromatic carbocycles. The molecule has 0 saturated carbocycles. The Labute approximate surface area is 116 Å². The third-order valence-electron chi connectivity index (χ3n) is 2.85. The molecule has 1 fully saturated rings. The van der Waals surface area contributed by atoms with Crippen LogP contribution in [0.15, 0.2) is 0 Å². The molecule has 0 spiro atoms. The van der Waals surface area contributed by atoms with Crippen molar-refractivity contribution >= 4 is 32.2 Å². The molecule has 6 nitrogen and oxygen atoms in total. The minimum atomic E-state index is -3.82. The van der Waals surface area contributed by atoms with Crippen LogP contribution in [-0.4, -0.2) is 42.8 Å². The van der Waals surface area contributed by atoms with Crippen LogP contribution in [0, 0.1) is 5.92 Å². The fraction of sp³-hybridized carbons (Fsp3) is 0.900. The third kappa shape index (κ3) is 3.83. The third-order valence-corrected chi connectivity index (χ3v) is 5.01. The van der Waals surface area contributed by atoms with Crippen LogP contribution in [0.3, 0.4) is 0 Å². The number of nitrogens with zero attached hydrogens (tertiary/aromatic N) is 1. The van der Waals surface area contributed by atoms with Crippen LogP contribution in [0.25, 0.3) is 0 Å². The number of hydrogen-bond acceptors (Lipinski definition) is 4. The summed E-state index contributed by atoms with van der Waals surface area (Å²) in [5.74, 6) is 0.266. The quantitative estimate of drug-likeness (QED) is 0.785. The highest BCUT2D eigenvalue weighted by atomic mass is 79.9. The molecule has 1 aliphatic rings. The molecule has 0 aromatic rings. The molecule has 106 valence electrons. The van der Waals surface area contributed by atoms with Gasteiger partial charge in [0.1, 0.15) is 0 Å². The van der Waals surface area contributed by atoms with E-state index >= 15 is 0 Å². The number of halogens is 1. The molecular weight excluding hydrogens is 324 g/mol. The molecule has 2 atom stereocenters. The lowest BCUT2D eigenvalue weighted by Gasteiger charge is -2.24. The van der Waals surface area contributed by atoms with E-state index in [0.29, 0.717) is 11.9 Å². The predicted molar refractivity (Wildman–Crippen MR) is 71.7 cm³/mol. The molecule has 1 rings (SSSR count). The Kier molecular flexibility index (Phi) is 5.42. The van der Waals surface area contributed by atoms with Gasteiger partial charge in [-0.15, -0.1) is 0 Å². The average Bonchev–Trinajstić information content (AvgIpc) is 2.57. The van der Waals surface area contributed by atoms with E-state index in [2.05, 4.69) is 15.9 Å². The summed E-state index contributed by atoms with van der Waals surface area (Å²) in [6.07, 6.45) is -0.501. The van der Waals surface area contributed by atoms with E-state index in [0.717, 1.165) is 6.42 Å². The van der Waals surface area contributed by atoms with E-state index in [1.54, 1.807) is 13.8 Å². The summed E-state index contributed by atoms with van der Waals surface area (Å²) in [7, 11) is -3.82. The Hall–Kier alpha value is -0.340. The van der Waals surface area contributed by atoms with Gasteiger partial charge >= 0.3 is 16.3 Å². The number of amides is 1. The van der Waals surface area contributed by atoms with E-state index < -0.39 is 16.3 Å². The molecular formula is C10H19BrN2O4S. The van der Waals surface area contributed by atoms with Gasteiger partial charge in [-0.05, 0) is 26.2 Å². The SMILES string of the molecule is CC(C)OC(=O)NS(=O)(=O)N1CCC(C)C1CBr. The molecule has 0 bridgehead atoms. The summed E-state index contributed by atoms with van der Waals surface area (Å²) in [5.41, 5.74) is 0. The second kappa shape index (κ2) is 6.21. The highest BCUT2D eigenvalue weighted by Crippen LogP contribution is 2.27. The first-order valence-corrected chi connectivity index (χ1v) is 8.40. The fourth-order valence-electron chi connectivity index (χ4n) is 1.90. The zero-order chi connectivity index (χ0) is 13.9. The highest BCUT2D eigenvalue weighted by Gasteiger charge is 2.39. The summed E-state index contributed by atoms with van der Waals surface area (Å²) in [6, 6.07) is -0.130. The average molecular weight is 343 g/mol. The van der Waals surface area contributed by atoms with Gasteiger partial charge in [0.05, 0.1) is 6.10 Å². The monoisotopic (exact) mass is 342 g/mol. The van der Waals surface area contributed by atoms with E-state index in [9.17, 15) is 13.2 Å². The molecule has 0 radical (unpaired) electrons. The lowest BCUT2D eigenvalue weighted by molar-refractivity contribution is 0.121. The second-order valence-corrected chi connectivity index (χ2v) is 6.93. The minimum absolute atomic E-state index is 0.130. The standard InChI is InChI=1S/C10H19BrN2O4S/c1-7(2)17-10(14)12-18(15,16)13-5-4-8(3)9(13)6-11/h7-9H,4-6H2,1-3H3,(H,12,14). The normalized spacial score (nSPS) is 25.4. The maximum absolute atomic E-state index is 12.0. The van der Waals surface area contributed by atoms with Gasteiger partial charge < -0.3 is 4.74 Å². The van der Waals surface area contributed by atoms with Crippen molar-refractivity contribution in [3.63, 3.8) is 0 Å². The van der Waals surface area contributed by atoms with Gasteiger partial charge in [-0.25, -0.2) is 9.52 Å². The number of hydrogen-bond donors (Lipinski definition) is 1. The predicted octanol–water partition coefficient (Wildman–Crippen LogP) is 1.47. The van der Waals surface area contributed by atoms with Crippen molar-refractivity contribution in [3.05, 3.63) is 0 Å². The fourth-order valence-corrected chi connectivity index (χ4v) is 4.44. The Morgan fingerprint density at radius 3 is 2.67 bits per heavy atom. The van der Waals surface area contributed by atoms with Crippen LogP contribution in [0.4, 0.5) is 4.79 Å². The molecule has 1 aliphatic heterocycles. The number of ether oxygens (including phenoxy) is 1. The van der Waals surface area contributed by atoms with Gasteiger partial charge in [0.2, 0.25) is 0 Å². The van der Waals surface area contributed by atoms with Gasteiger partial charge in [0.15, 0.2) is 0 Å². The summed E-state index contributed by atoms with van der Waals surface area (Å²) in [6.45, 7) is 5.73. The molecule has 1 amide bonds. The molecule has 1 saturated heterocycles. The molecule has 8 heteroatoms. The number of alkyl halides is 1. The first-order chi connectivity index (χ1) is 8.27. The van der Waals surface area contributed by atoms with E-state index in [1.165, 1.54) is 4.31 Å². The Morgan fingerprint density at radius 2 is 2.17 bits per heavy atom. The van der Waals surface area contributed by atoms with Gasteiger partial charge in [-0.1, -0.05) is 22.9 Å². The zero-order valence-corrected chi connectivity index (χ0v) is 13.1. The van der Waals surface area contributed by atoms with Crippen molar-refractivity contribution in [1.29, 1.82) is 0 Å². The molecule has 18 heavy (non-hydrogen) atoms. The maximum Gasteiger partial charge on any atom is 0.422 e. The van der Waals surface area contributed by atoms with Crippen LogP contribution in [0.1, 0.15) is 27.2 Å².